The highest BCUT2D eigenvalue weighted by Gasteiger charge is 2.43. The van der Waals surface area contributed by atoms with E-state index in [1.807, 2.05) is 24.4 Å². The fraction of sp³-hybridized carbons (Fsp3) is 0.400. The second-order valence-corrected chi connectivity index (χ2v) is 6.31. The van der Waals surface area contributed by atoms with Gasteiger partial charge in [-0.15, -0.1) is 11.3 Å². The predicted octanol–water partition coefficient (Wildman–Crippen LogP) is 2.23. The third-order valence-electron chi connectivity index (χ3n) is 4.06. The lowest BCUT2D eigenvalue weighted by molar-refractivity contribution is 0.0355. The van der Waals surface area contributed by atoms with Crippen molar-refractivity contribution in [3.05, 3.63) is 51.5 Å². The highest BCUT2D eigenvalue weighted by atomic mass is 32.1. The zero-order valence-electron chi connectivity index (χ0n) is 11.0. The van der Waals surface area contributed by atoms with Crippen LogP contribution in [0.1, 0.15) is 27.9 Å². The van der Waals surface area contributed by atoms with Crippen LogP contribution in [0.4, 0.5) is 0 Å². The summed E-state index contributed by atoms with van der Waals surface area (Å²) in [5.41, 5.74) is 9.28. The molecule has 100 valence electrons. The summed E-state index contributed by atoms with van der Waals surface area (Å²) in [5, 5.41) is 13.5. The summed E-state index contributed by atoms with van der Waals surface area (Å²) < 4.78 is 0. The van der Waals surface area contributed by atoms with E-state index in [1.165, 1.54) is 22.5 Å². The minimum absolute atomic E-state index is 0.298. The Morgan fingerprint density at radius 3 is 2.47 bits per heavy atom. The molecular formula is C15H18N2OS. The molecule has 19 heavy (non-hydrogen) atoms. The van der Waals surface area contributed by atoms with Crippen LogP contribution in [0.15, 0.2) is 29.6 Å². The highest BCUT2D eigenvalue weighted by molar-refractivity contribution is 7.09. The molecule has 1 heterocycles. The lowest BCUT2D eigenvalue weighted by Crippen LogP contribution is -2.37. The first-order valence-electron chi connectivity index (χ1n) is 6.51. The van der Waals surface area contributed by atoms with Gasteiger partial charge in [0.15, 0.2) is 0 Å². The first-order valence-corrected chi connectivity index (χ1v) is 7.39. The van der Waals surface area contributed by atoms with E-state index in [-0.39, 0.29) is 5.41 Å². The molecule has 0 aliphatic heterocycles. The topological polar surface area (TPSA) is 59.1 Å². The van der Waals surface area contributed by atoms with E-state index in [0.29, 0.717) is 6.54 Å². The van der Waals surface area contributed by atoms with Crippen LogP contribution in [0, 0.1) is 12.3 Å². The minimum atomic E-state index is -0.580. The molecule has 0 spiro atoms. The second-order valence-electron chi connectivity index (χ2n) is 5.42. The summed E-state index contributed by atoms with van der Waals surface area (Å²) in [4.78, 5) is 4.42. The normalized spacial score (nSPS) is 18.3. The molecule has 0 saturated heterocycles. The summed E-state index contributed by atoms with van der Waals surface area (Å²) >= 11 is 1.52. The summed E-state index contributed by atoms with van der Waals surface area (Å²) in [6.45, 7) is 2.42. The molecule has 1 atom stereocenters. The molecule has 1 aromatic carbocycles. The fourth-order valence-electron chi connectivity index (χ4n) is 2.93. The summed E-state index contributed by atoms with van der Waals surface area (Å²) in [6.07, 6.45) is 1.09. The van der Waals surface area contributed by atoms with Crippen LogP contribution in [0.5, 0.6) is 0 Å². The van der Waals surface area contributed by atoms with Gasteiger partial charge in [0, 0.05) is 23.0 Å². The largest absolute Gasteiger partial charge is 0.385 e. The Hall–Kier alpha value is -1.23. The smallest absolute Gasteiger partial charge is 0.122 e. The number of thiazole rings is 1. The molecule has 1 aromatic heterocycles. The third kappa shape index (κ3) is 2.10. The number of fused-ring (bicyclic) bond motifs is 1. The summed E-state index contributed by atoms with van der Waals surface area (Å²) in [7, 11) is 0. The van der Waals surface area contributed by atoms with Crippen LogP contribution in [0.3, 0.4) is 0 Å². The first-order chi connectivity index (χ1) is 9.14. The van der Waals surface area contributed by atoms with Gasteiger partial charge >= 0.3 is 0 Å². The number of aryl methyl sites for hydroxylation is 1. The van der Waals surface area contributed by atoms with E-state index in [4.69, 9.17) is 5.73 Å². The van der Waals surface area contributed by atoms with Gasteiger partial charge < -0.3 is 10.8 Å². The number of aromatic nitrogens is 1. The summed E-state index contributed by atoms with van der Waals surface area (Å²) in [5.74, 6) is 0. The average molecular weight is 274 g/mol. The molecule has 0 radical (unpaired) electrons. The molecule has 3 nitrogen and oxygen atoms in total. The monoisotopic (exact) mass is 274 g/mol. The van der Waals surface area contributed by atoms with Crippen LogP contribution in [-0.4, -0.2) is 16.6 Å². The van der Waals surface area contributed by atoms with Gasteiger partial charge in [0.2, 0.25) is 0 Å². The number of hydrogen-bond acceptors (Lipinski definition) is 4. The van der Waals surface area contributed by atoms with E-state index < -0.39 is 6.10 Å². The van der Waals surface area contributed by atoms with E-state index in [1.54, 1.807) is 0 Å². The quantitative estimate of drug-likeness (QED) is 0.902. The minimum Gasteiger partial charge on any atom is -0.385 e. The number of hydrogen-bond donors (Lipinski definition) is 2. The maximum Gasteiger partial charge on any atom is 0.122 e. The number of aliphatic hydroxyl groups excluding tert-OH is 1. The first kappa shape index (κ1) is 12.8. The van der Waals surface area contributed by atoms with Gasteiger partial charge in [0.25, 0.3) is 0 Å². The Morgan fingerprint density at radius 1 is 1.37 bits per heavy atom. The maximum absolute atomic E-state index is 10.7. The van der Waals surface area contributed by atoms with Crippen LogP contribution in [-0.2, 0) is 12.8 Å². The number of aliphatic hydroxyl groups is 1. The molecular weight excluding hydrogens is 256 g/mol. The molecule has 4 heteroatoms. The number of rotatable bonds is 3. The van der Waals surface area contributed by atoms with Gasteiger partial charge in [0.05, 0.1) is 0 Å². The lowest BCUT2D eigenvalue weighted by atomic mass is 9.79. The molecule has 1 aliphatic carbocycles. The van der Waals surface area contributed by atoms with E-state index in [0.717, 1.165) is 23.5 Å². The van der Waals surface area contributed by atoms with Gasteiger partial charge in [-0.1, -0.05) is 24.3 Å². The van der Waals surface area contributed by atoms with E-state index in [2.05, 4.69) is 17.1 Å². The Balaban J connectivity index is 1.94. The Kier molecular flexibility index (Phi) is 3.17. The second kappa shape index (κ2) is 4.71. The van der Waals surface area contributed by atoms with Gasteiger partial charge in [0.1, 0.15) is 11.1 Å². The zero-order chi connectivity index (χ0) is 13.5. The van der Waals surface area contributed by atoms with Crippen molar-refractivity contribution in [2.24, 2.45) is 11.1 Å². The number of nitrogens with two attached hydrogens (primary N) is 1. The number of benzene rings is 1. The van der Waals surface area contributed by atoms with Gasteiger partial charge in [-0.25, -0.2) is 4.98 Å². The van der Waals surface area contributed by atoms with Crippen LogP contribution in [0.25, 0.3) is 0 Å². The van der Waals surface area contributed by atoms with Gasteiger partial charge in [-0.3, -0.25) is 0 Å². The summed E-state index contributed by atoms with van der Waals surface area (Å²) in [6, 6.07) is 8.36. The molecule has 3 rings (SSSR count). The molecule has 1 aliphatic rings. The Labute approximate surface area is 117 Å². The van der Waals surface area contributed by atoms with E-state index in [9.17, 15) is 5.11 Å². The van der Waals surface area contributed by atoms with Crippen molar-refractivity contribution in [3.63, 3.8) is 0 Å². The molecule has 2 aromatic rings. The predicted molar refractivity (Wildman–Crippen MR) is 77.1 cm³/mol. The molecule has 0 saturated carbocycles. The van der Waals surface area contributed by atoms with E-state index >= 15 is 0 Å². The molecule has 0 fully saturated rings. The number of nitrogens with zero attached hydrogens (tertiary/aromatic N) is 1. The molecule has 0 amide bonds. The van der Waals surface area contributed by atoms with Crippen molar-refractivity contribution in [2.45, 2.75) is 25.9 Å². The average Bonchev–Trinajstić information content (AvgIpc) is 3.01. The van der Waals surface area contributed by atoms with Crippen LogP contribution >= 0.6 is 11.3 Å². The van der Waals surface area contributed by atoms with Crippen molar-refractivity contribution in [3.8, 4) is 0 Å². The van der Waals surface area contributed by atoms with Crippen molar-refractivity contribution in [1.29, 1.82) is 0 Å². The van der Waals surface area contributed by atoms with Crippen molar-refractivity contribution < 1.29 is 5.11 Å². The Morgan fingerprint density at radius 2 is 2.00 bits per heavy atom. The fourth-order valence-corrected chi connectivity index (χ4v) is 3.85. The van der Waals surface area contributed by atoms with Crippen molar-refractivity contribution >= 4 is 11.3 Å². The SMILES string of the molecule is Cc1csc(C(O)C2(CN)Cc3ccccc3C2)n1. The highest BCUT2D eigenvalue weighted by Crippen LogP contribution is 2.45. The Bertz CT molecular complexity index is 568. The van der Waals surface area contributed by atoms with Crippen molar-refractivity contribution in [1.82, 2.24) is 4.98 Å². The van der Waals surface area contributed by atoms with Crippen LogP contribution in [0.2, 0.25) is 0 Å². The van der Waals surface area contributed by atoms with Crippen molar-refractivity contribution in [2.75, 3.05) is 6.54 Å². The molecule has 3 N–H and O–H groups in total. The van der Waals surface area contributed by atoms with Gasteiger partial charge in [-0.05, 0) is 30.9 Å². The lowest BCUT2D eigenvalue weighted by Gasteiger charge is -2.31. The van der Waals surface area contributed by atoms with Crippen LogP contribution < -0.4 is 5.73 Å². The standard InChI is InChI=1S/C15H18N2OS/c1-10-8-19-14(17-10)13(18)15(9-16)6-11-4-2-3-5-12(11)7-15/h2-5,8,13,18H,6-7,9,16H2,1H3. The third-order valence-corrected chi connectivity index (χ3v) is 5.08. The zero-order valence-corrected chi connectivity index (χ0v) is 11.8. The molecule has 0 bridgehead atoms. The van der Waals surface area contributed by atoms with Gasteiger partial charge in [-0.2, -0.15) is 0 Å². The molecule has 1 unspecified atom stereocenters. The maximum atomic E-state index is 10.7.